The van der Waals surface area contributed by atoms with Crippen LogP contribution < -0.4 is 5.32 Å². The van der Waals surface area contributed by atoms with E-state index < -0.39 is 18.0 Å². The molecule has 0 radical (unpaired) electrons. The lowest BCUT2D eigenvalue weighted by atomic mass is 9.88. The number of carboxylic acid groups (broad SMARTS) is 1. The van der Waals surface area contributed by atoms with E-state index in [0.29, 0.717) is 25.9 Å². The van der Waals surface area contributed by atoms with E-state index in [2.05, 4.69) is 5.32 Å². The fourth-order valence-electron chi connectivity index (χ4n) is 5.10. The van der Waals surface area contributed by atoms with Crippen molar-refractivity contribution in [1.82, 2.24) is 15.1 Å². The lowest BCUT2D eigenvalue weighted by molar-refractivity contribution is -0.142. The van der Waals surface area contributed by atoms with Crippen LogP contribution in [0.1, 0.15) is 49.1 Å². The van der Waals surface area contributed by atoms with Crippen molar-refractivity contribution in [3.8, 4) is 0 Å². The van der Waals surface area contributed by atoms with Crippen LogP contribution in [0, 0.1) is 5.92 Å². The zero-order chi connectivity index (χ0) is 23.9. The first kappa shape index (κ1) is 26.7. The maximum atomic E-state index is 13.8. The molecular weight excluding hydrogens is 466 g/mol. The minimum atomic E-state index is -1.01. The molecule has 7 nitrogen and oxygen atoms in total. The summed E-state index contributed by atoms with van der Waals surface area (Å²) in [4.78, 5) is 41.8. The monoisotopic (exact) mass is 499 g/mol. The van der Waals surface area contributed by atoms with Gasteiger partial charge in [0.2, 0.25) is 5.91 Å². The Morgan fingerprint density at radius 3 is 2.06 bits per heavy atom. The van der Waals surface area contributed by atoms with Gasteiger partial charge in [-0.15, -0.1) is 12.4 Å². The number of halogens is 1. The van der Waals surface area contributed by atoms with Crippen molar-refractivity contribution in [2.45, 2.75) is 44.1 Å². The largest absolute Gasteiger partial charge is 0.480 e. The number of hydrogen-bond donors (Lipinski definition) is 2. The van der Waals surface area contributed by atoms with E-state index in [4.69, 9.17) is 0 Å². The highest BCUT2D eigenvalue weighted by Crippen LogP contribution is 2.30. The second kappa shape index (κ2) is 12.7. The average Bonchev–Trinajstić information content (AvgIpc) is 3.37. The third kappa shape index (κ3) is 6.61. The maximum absolute atomic E-state index is 13.8. The molecule has 4 rings (SSSR count). The molecular formula is C27H34ClN3O4. The molecule has 3 amide bonds. The average molecular weight is 500 g/mol. The Hall–Kier alpha value is -2.90. The number of benzene rings is 2. The minimum absolute atomic E-state index is 0. The molecule has 2 saturated heterocycles. The third-order valence-electron chi connectivity index (χ3n) is 7.00. The Labute approximate surface area is 212 Å². The van der Waals surface area contributed by atoms with Gasteiger partial charge in [0.25, 0.3) is 0 Å². The van der Waals surface area contributed by atoms with Gasteiger partial charge in [0.1, 0.15) is 6.04 Å². The summed E-state index contributed by atoms with van der Waals surface area (Å²) < 4.78 is 0. The van der Waals surface area contributed by atoms with Crippen LogP contribution in [0.25, 0.3) is 0 Å². The second-order valence-corrected chi connectivity index (χ2v) is 9.25. The van der Waals surface area contributed by atoms with Crippen molar-refractivity contribution in [3.63, 3.8) is 0 Å². The smallest absolute Gasteiger partial charge is 0.327 e. The number of hydrogen-bond acceptors (Lipinski definition) is 4. The van der Waals surface area contributed by atoms with Crippen molar-refractivity contribution < 1.29 is 19.5 Å². The van der Waals surface area contributed by atoms with Crippen molar-refractivity contribution in [3.05, 3.63) is 71.8 Å². The summed E-state index contributed by atoms with van der Waals surface area (Å²) in [5.41, 5.74) is 2.03. The SMILES string of the molecule is Cl.O=C(O)[C@@H]1CCCN1C(=O)N(CC1CCNCC1)C(=O)CC(c1ccccc1)c1ccccc1. The topological polar surface area (TPSA) is 89.9 Å². The first-order valence-electron chi connectivity index (χ1n) is 12.2. The molecule has 2 N–H and O–H groups in total. The maximum Gasteiger partial charge on any atom is 0.327 e. The molecule has 2 aromatic rings. The predicted molar refractivity (Wildman–Crippen MR) is 137 cm³/mol. The first-order valence-corrected chi connectivity index (χ1v) is 12.2. The van der Waals surface area contributed by atoms with Gasteiger partial charge in [-0.05, 0) is 55.8 Å². The Kier molecular flexibility index (Phi) is 9.69. The molecule has 0 aliphatic carbocycles. The van der Waals surface area contributed by atoms with E-state index in [1.54, 1.807) is 0 Å². The number of carbonyl (C=O) groups excluding carboxylic acids is 2. The third-order valence-corrected chi connectivity index (χ3v) is 7.00. The van der Waals surface area contributed by atoms with E-state index >= 15 is 0 Å². The number of nitrogens with one attached hydrogen (secondary N) is 1. The van der Waals surface area contributed by atoms with Gasteiger partial charge in [-0.1, -0.05) is 60.7 Å². The summed E-state index contributed by atoms with van der Waals surface area (Å²) in [6.07, 6.45) is 2.98. The highest BCUT2D eigenvalue weighted by atomic mass is 35.5. The summed E-state index contributed by atoms with van der Waals surface area (Å²) in [5.74, 6) is -1.23. The van der Waals surface area contributed by atoms with Gasteiger partial charge >= 0.3 is 12.0 Å². The summed E-state index contributed by atoms with van der Waals surface area (Å²) in [7, 11) is 0. The fourth-order valence-corrected chi connectivity index (χ4v) is 5.10. The van der Waals surface area contributed by atoms with Gasteiger partial charge in [-0.3, -0.25) is 9.69 Å². The van der Waals surface area contributed by atoms with Crippen LogP contribution in [-0.4, -0.2) is 65.0 Å². The van der Waals surface area contributed by atoms with Gasteiger partial charge in [0.15, 0.2) is 0 Å². The molecule has 2 aromatic carbocycles. The Morgan fingerprint density at radius 1 is 0.943 bits per heavy atom. The summed E-state index contributed by atoms with van der Waals surface area (Å²) >= 11 is 0. The standard InChI is InChI=1S/C27H33N3O4.ClH/c31-25(18-23(21-8-3-1-4-9-21)22-10-5-2-6-11-22)30(19-20-13-15-28-16-14-20)27(34)29-17-7-12-24(29)26(32)33;/h1-6,8-11,20,23-24,28H,7,12-19H2,(H,32,33);1H/t24-;/m0./s1. The van der Waals surface area contributed by atoms with Crippen LogP contribution in [0.4, 0.5) is 4.79 Å². The molecule has 8 heteroatoms. The Morgan fingerprint density at radius 2 is 1.51 bits per heavy atom. The fraction of sp³-hybridized carbons (Fsp3) is 0.444. The number of likely N-dealkylation sites (tertiary alicyclic amines) is 1. The molecule has 2 heterocycles. The van der Waals surface area contributed by atoms with Crippen molar-refractivity contribution >= 4 is 30.3 Å². The summed E-state index contributed by atoms with van der Waals surface area (Å²) in [5, 5.41) is 12.9. The molecule has 1 atom stereocenters. The number of piperidine rings is 1. The molecule has 0 aromatic heterocycles. The van der Waals surface area contributed by atoms with Crippen LogP contribution >= 0.6 is 12.4 Å². The van der Waals surface area contributed by atoms with Crippen molar-refractivity contribution in [2.24, 2.45) is 5.92 Å². The number of aliphatic carboxylic acids is 1. The van der Waals surface area contributed by atoms with Crippen LogP contribution in [-0.2, 0) is 9.59 Å². The molecule has 0 spiro atoms. The van der Waals surface area contributed by atoms with Crippen molar-refractivity contribution in [1.29, 1.82) is 0 Å². The molecule has 2 aliphatic rings. The number of amides is 3. The lowest BCUT2D eigenvalue weighted by Crippen LogP contribution is -2.52. The number of carbonyl (C=O) groups is 3. The number of carboxylic acids is 1. The summed E-state index contributed by atoms with van der Waals surface area (Å²) in [6, 6.07) is 18.4. The van der Waals surface area contributed by atoms with Gasteiger partial charge in [-0.25, -0.2) is 9.59 Å². The van der Waals surface area contributed by atoms with E-state index in [0.717, 1.165) is 37.1 Å². The van der Waals surface area contributed by atoms with E-state index in [9.17, 15) is 19.5 Å². The lowest BCUT2D eigenvalue weighted by Gasteiger charge is -2.33. The van der Waals surface area contributed by atoms with E-state index in [1.165, 1.54) is 9.80 Å². The Bertz CT molecular complexity index is 943. The number of rotatable bonds is 7. The van der Waals surface area contributed by atoms with Crippen LogP contribution in [0.5, 0.6) is 0 Å². The van der Waals surface area contributed by atoms with Crippen LogP contribution in [0.15, 0.2) is 60.7 Å². The van der Waals surface area contributed by atoms with Gasteiger partial charge < -0.3 is 15.3 Å². The number of imide groups is 1. The molecule has 35 heavy (non-hydrogen) atoms. The minimum Gasteiger partial charge on any atom is -0.480 e. The van der Waals surface area contributed by atoms with E-state index in [1.807, 2.05) is 60.7 Å². The number of urea groups is 1. The zero-order valence-electron chi connectivity index (χ0n) is 19.8. The molecule has 0 saturated carbocycles. The quantitative estimate of drug-likeness (QED) is 0.598. The molecule has 2 fully saturated rings. The summed E-state index contributed by atoms with van der Waals surface area (Å²) in [6.45, 7) is 2.42. The Balaban J connectivity index is 0.00000342. The van der Waals surface area contributed by atoms with Gasteiger partial charge in [-0.2, -0.15) is 0 Å². The van der Waals surface area contributed by atoms with Gasteiger partial charge in [0, 0.05) is 25.4 Å². The van der Waals surface area contributed by atoms with Gasteiger partial charge in [0.05, 0.1) is 0 Å². The molecule has 0 bridgehead atoms. The number of nitrogens with zero attached hydrogens (tertiary/aromatic N) is 2. The normalized spacial score (nSPS) is 18.2. The molecule has 2 aliphatic heterocycles. The first-order chi connectivity index (χ1) is 16.5. The highest BCUT2D eigenvalue weighted by Gasteiger charge is 2.39. The van der Waals surface area contributed by atoms with Crippen LogP contribution in [0.3, 0.4) is 0 Å². The zero-order valence-corrected chi connectivity index (χ0v) is 20.7. The highest BCUT2D eigenvalue weighted by molar-refractivity contribution is 5.96. The van der Waals surface area contributed by atoms with E-state index in [-0.39, 0.29) is 36.6 Å². The molecule has 188 valence electrons. The molecule has 0 unspecified atom stereocenters. The second-order valence-electron chi connectivity index (χ2n) is 9.25. The van der Waals surface area contributed by atoms with Crippen LogP contribution in [0.2, 0.25) is 0 Å². The van der Waals surface area contributed by atoms with Crippen molar-refractivity contribution in [2.75, 3.05) is 26.2 Å². The predicted octanol–water partition coefficient (Wildman–Crippen LogP) is 4.13.